The van der Waals surface area contributed by atoms with Gasteiger partial charge in [0.25, 0.3) is 5.91 Å². The van der Waals surface area contributed by atoms with Gasteiger partial charge in [-0.05, 0) is 55.0 Å². The van der Waals surface area contributed by atoms with E-state index in [2.05, 4.69) is 5.32 Å². The summed E-state index contributed by atoms with van der Waals surface area (Å²) < 4.78 is 10.3. The van der Waals surface area contributed by atoms with Crippen molar-refractivity contribution in [3.63, 3.8) is 0 Å². The van der Waals surface area contributed by atoms with Gasteiger partial charge < -0.3 is 14.8 Å². The highest BCUT2D eigenvalue weighted by Gasteiger charge is 2.08. The Kier molecular flexibility index (Phi) is 6.81. The number of hydrogen-bond acceptors (Lipinski definition) is 5. The first-order valence-corrected chi connectivity index (χ1v) is 8.56. The molecule has 0 aliphatic rings. The summed E-state index contributed by atoms with van der Waals surface area (Å²) in [6.07, 6.45) is 0.771. The lowest BCUT2D eigenvalue weighted by molar-refractivity contribution is -0.150. The third kappa shape index (κ3) is 6.42. The minimum Gasteiger partial charge on any atom is -0.482 e. The SMILES string of the molecule is Cc1cc(C)cc(OCC(=O)OCC(=O)NCCc2cccs2)c1. The van der Waals surface area contributed by atoms with E-state index in [0.29, 0.717) is 12.3 Å². The lowest BCUT2D eigenvalue weighted by Gasteiger charge is -2.09. The van der Waals surface area contributed by atoms with Crippen LogP contribution in [0, 0.1) is 13.8 Å². The molecule has 0 saturated heterocycles. The van der Waals surface area contributed by atoms with Gasteiger partial charge in [0, 0.05) is 11.4 Å². The zero-order valence-corrected chi connectivity index (χ0v) is 14.7. The molecule has 1 N–H and O–H groups in total. The average molecular weight is 347 g/mol. The second-order valence-electron chi connectivity index (χ2n) is 5.45. The van der Waals surface area contributed by atoms with Crippen LogP contribution in [0.2, 0.25) is 0 Å². The molecular formula is C18H21NO4S. The molecule has 0 radical (unpaired) electrons. The molecule has 1 aromatic carbocycles. The van der Waals surface area contributed by atoms with Gasteiger partial charge in [-0.1, -0.05) is 12.1 Å². The van der Waals surface area contributed by atoms with Crippen molar-refractivity contribution >= 4 is 23.2 Å². The van der Waals surface area contributed by atoms with E-state index in [1.807, 2.05) is 49.6 Å². The summed E-state index contributed by atoms with van der Waals surface area (Å²) in [6, 6.07) is 9.70. The third-order valence-corrected chi connectivity index (χ3v) is 4.13. The van der Waals surface area contributed by atoms with Gasteiger partial charge >= 0.3 is 5.97 Å². The normalized spacial score (nSPS) is 10.2. The molecular weight excluding hydrogens is 326 g/mol. The molecule has 0 bridgehead atoms. The van der Waals surface area contributed by atoms with Gasteiger partial charge in [0.1, 0.15) is 5.75 Å². The Morgan fingerprint density at radius 3 is 2.54 bits per heavy atom. The number of amides is 1. The van der Waals surface area contributed by atoms with Gasteiger partial charge in [-0.25, -0.2) is 4.79 Å². The first kappa shape index (κ1) is 18.0. The molecule has 1 amide bonds. The van der Waals surface area contributed by atoms with Crippen LogP contribution < -0.4 is 10.1 Å². The standard InChI is InChI=1S/C18H21NO4S/c1-13-8-14(2)10-15(9-13)22-12-18(21)23-11-17(20)19-6-5-16-4-3-7-24-16/h3-4,7-10H,5-6,11-12H2,1-2H3,(H,19,20). The molecule has 2 aromatic rings. The maximum atomic E-state index is 11.6. The molecule has 0 atom stereocenters. The minimum atomic E-state index is -0.567. The van der Waals surface area contributed by atoms with Crippen molar-refractivity contribution in [1.82, 2.24) is 5.32 Å². The van der Waals surface area contributed by atoms with Crippen LogP contribution in [0.5, 0.6) is 5.75 Å². The van der Waals surface area contributed by atoms with Crippen molar-refractivity contribution in [2.45, 2.75) is 20.3 Å². The van der Waals surface area contributed by atoms with Crippen LogP contribution in [0.25, 0.3) is 0 Å². The number of thiophene rings is 1. The summed E-state index contributed by atoms with van der Waals surface area (Å²) in [6.45, 7) is 3.93. The van der Waals surface area contributed by atoms with Crippen LogP contribution in [0.15, 0.2) is 35.7 Å². The van der Waals surface area contributed by atoms with Crippen molar-refractivity contribution in [1.29, 1.82) is 0 Å². The van der Waals surface area contributed by atoms with E-state index in [9.17, 15) is 9.59 Å². The van der Waals surface area contributed by atoms with E-state index in [1.54, 1.807) is 11.3 Å². The van der Waals surface area contributed by atoms with Gasteiger partial charge in [-0.3, -0.25) is 4.79 Å². The fraction of sp³-hybridized carbons (Fsp3) is 0.333. The molecule has 128 valence electrons. The smallest absolute Gasteiger partial charge is 0.344 e. The largest absolute Gasteiger partial charge is 0.482 e. The molecule has 0 unspecified atom stereocenters. The van der Waals surface area contributed by atoms with Gasteiger partial charge in [0.05, 0.1) is 0 Å². The summed E-state index contributed by atoms with van der Waals surface area (Å²) in [4.78, 5) is 24.4. The highest BCUT2D eigenvalue weighted by Crippen LogP contribution is 2.16. The molecule has 0 fully saturated rings. The van der Waals surface area contributed by atoms with Crippen molar-refractivity contribution < 1.29 is 19.1 Å². The second-order valence-corrected chi connectivity index (χ2v) is 6.48. The number of nitrogens with one attached hydrogen (secondary N) is 1. The Balaban J connectivity index is 1.62. The van der Waals surface area contributed by atoms with Crippen molar-refractivity contribution in [3.8, 4) is 5.75 Å². The fourth-order valence-corrected chi connectivity index (χ4v) is 2.89. The molecule has 0 aliphatic heterocycles. The van der Waals surface area contributed by atoms with Gasteiger partial charge in [-0.2, -0.15) is 0 Å². The number of ether oxygens (including phenoxy) is 2. The number of carbonyl (C=O) groups is 2. The lowest BCUT2D eigenvalue weighted by atomic mass is 10.1. The maximum Gasteiger partial charge on any atom is 0.344 e. The minimum absolute atomic E-state index is 0.217. The Bertz CT molecular complexity index is 662. The van der Waals surface area contributed by atoms with E-state index in [1.165, 1.54) is 4.88 Å². The number of rotatable bonds is 8. The van der Waals surface area contributed by atoms with Gasteiger partial charge in [0.2, 0.25) is 0 Å². The van der Waals surface area contributed by atoms with Gasteiger partial charge in [-0.15, -0.1) is 11.3 Å². The first-order valence-electron chi connectivity index (χ1n) is 7.69. The van der Waals surface area contributed by atoms with E-state index in [0.717, 1.165) is 17.5 Å². The monoisotopic (exact) mass is 347 g/mol. The first-order chi connectivity index (χ1) is 11.5. The topological polar surface area (TPSA) is 64.6 Å². The second kappa shape index (κ2) is 9.08. The number of benzene rings is 1. The maximum absolute atomic E-state index is 11.6. The molecule has 0 saturated carbocycles. The van der Waals surface area contributed by atoms with E-state index in [4.69, 9.17) is 9.47 Å². The third-order valence-electron chi connectivity index (χ3n) is 3.19. The number of aryl methyl sites for hydroxylation is 2. The van der Waals surface area contributed by atoms with E-state index < -0.39 is 5.97 Å². The van der Waals surface area contributed by atoms with Crippen LogP contribution >= 0.6 is 11.3 Å². The van der Waals surface area contributed by atoms with Crippen LogP contribution in [0.3, 0.4) is 0 Å². The average Bonchev–Trinajstić information content (AvgIpc) is 3.03. The summed E-state index contributed by atoms with van der Waals surface area (Å²) in [7, 11) is 0. The zero-order chi connectivity index (χ0) is 17.4. The van der Waals surface area contributed by atoms with Crippen molar-refractivity contribution in [3.05, 3.63) is 51.7 Å². The highest BCUT2D eigenvalue weighted by molar-refractivity contribution is 7.09. The Morgan fingerprint density at radius 1 is 1.12 bits per heavy atom. The van der Waals surface area contributed by atoms with Crippen LogP contribution in [0.4, 0.5) is 0 Å². The molecule has 0 spiro atoms. The molecule has 1 heterocycles. The van der Waals surface area contributed by atoms with E-state index in [-0.39, 0.29) is 19.1 Å². The summed E-state index contributed by atoms with van der Waals surface area (Å²) in [5, 5.41) is 4.71. The predicted octanol–water partition coefficient (Wildman–Crippen LogP) is 2.65. The van der Waals surface area contributed by atoms with Crippen molar-refractivity contribution in [2.75, 3.05) is 19.8 Å². The van der Waals surface area contributed by atoms with Crippen molar-refractivity contribution in [2.24, 2.45) is 0 Å². The Labute approximate surface area is 145 Å². The quantitative estimate of drug-likeness (QED) is 0.746. The molecule has 6 heteroatoms. The molecule has 1 aromatic heterocycles. The van der Waals surface area contributed by atoms with Crippen LogP contribution in [-0.4, -0.2) is 31.6 Å². The number of carbonyl (C=O) groups excluding carboxylic acids is 2. The summed E-state index contributed by atoms with van der Waals surface area (Å²) in [5.41, 5.74) is 2.12. The van der Waals surface area contributed by atoms with Crippen LogP contribution in [-0.2, 0) is 20.7 Å². The highest BCUT2D eigenvalue weighted by atomic mass is 32.1. The summed E-state index contributed by atoms with van der Waals surface area (Å²) >= 11 is 1.65. The molecule has 2 rings (SSSR count). The lowest BCUT2D eigenvalue weighted by Crippen LogP contribution is -2.31. The molecule has 5 nitrogen and oxygen atoms in total. The van der Waals surface area contributed by atoms with Gasteiger partial charge in [0.15, 0.2) is 13.2 Å². The van der Waals surface area contributed by atoms with Crippen LogP contribution in [0.1, 0.15) is 16.0 Å². The summed E-state index contributed by atoms with van der Waals surface area (Å²) in [5.74, 6) is -0.265. The Morgan fingerprint density at radius 2 is 1.88 bits per heavy atom. The molecule has 24 heavy (non-hydrogen) atoms. The predicted molar refractivity (Wildman–Crippen MR) is 93.4 cm³/mol. The number of esters is 1. The number of hydrogen-bond donors (Lipinski definition) is 1. The fourth-order valence-electron chi connectivity index (χ4n) is 2.18. The van der Waals surface area contributed by atoms with E-state index >= 15 is 0 Å². The zero-order valence-electron chi connectivity index (χ0n) is 13.8. The Hall–Kier alpha value is -2.34. The molecule has 0 aliphatic carbocycles.